The Morgan fingerprint density at radius 2 is 1.82 bits per heavy atom. The molecule has 2 aromatic carbocycles. The molecule has 4 aromatic rings. The molecule has 1 saturated heterocycles. The van der Waals surface area contributed by atoms with E-state index in [9.17, 15) is 9.36 Å². The van der Waals surface area contributed by atoms with Crippen LogP contribution < -0.4 is 20.1 Å². The minimum Gasteiger partial charge on any atom is -0.491 e. The summed E-state index contributed by atoms with van der Waals surface area (Å²) in [5.74, 6) is 1.06. The molecule has 1 aliphatic rings. The molecule has 1 amide bonds. The first-order valence-electron chi connectivity index (χ1n) is 12.0. The summed E-state index contributed by atoms with van der Waals surface area (Å²) < 4.78 is 36.9. The number of amides is 1. The molecular weight excluding hydrogens is 525 g/mol. The van der Waals surface area contributed by atoms with Crippen LogP contribution in [0.4, 0.5) is 5.13 Å². The van der Waals surface area contributed by atoms with Crippen LogP contribution in [-0.4, -0.2) is 28.6 Å². The standard InChI is InChI=1S/C27H26N3O6PS/c1-18(2)34-22-15-20(26(31)30-27-29-12-14-38-27)16-23(17-22)35-21-3-5-24(6-4-21)37(32)33-13-9-25(36-37)19-7-10-28-11-8-19/h3-8,10-12,14-18,25H,9,13H2,1-2H3,(H,29,30,31). The maximum absolute atomic E-state index is 13.5. The highest BCUT2D eigenvalue weighted by molar-refractivity contribution is 7.62. The fraction of sp³-hybridized carbons (Fsp3) is 0.222. The van der Waals surface area contributed by atoms with Gasteiger partial charge in [-0.05, 0) is 67.9 Å². The van der Waals surface area contributed by atoms with Crippen LogP contribution in [-0.2, 0) is 13.6 Å². The topological polar surface area (TPSA) is 109 Å². The second-order valence-electron chi connectivity index (χ2n) is 8.74. The van der Waals surface area contributed by atoms with Crippen molar-refractivity contribution in [1.82, 2.24) is 9.97 Å². The van der Waals surface area contributed by atoms with Crippen molar-refractivity contribution in [2.75, 3.05) is 11.9 Å². The number of carbonyl (C=O) groups excluding carboxylic acids is 1. The zero-order valence-electron chi connectivity index (χ0n) is 20.8. The zero-order chi connectivity index (χ0) is 26.5. The Morgan fingerprint density at radius 1 is 1.05 bits per heavy atom. The predicted octanol–water partition coefficient (Wildman–Crippen LogP) is 6.37. The summed E-state index contributed by atoms with van der Waals surface area (Å²) in [7, 11) is -3.52. The number of pyridine rings is 1. The van der Waals surface area contributed by atoms with E-state index in [0.717, 1.165) is 5.56 Å². The van der Waals surface area contributed by atoms with Gasteiger partial charge < -0.3 is 14.0 Å². The largest absolute Gasteiger partial charge is 0.491 e. The van der Waals surface area contributed by atoms with E-state index in [1.807, 2.05) is 26.0 Å². The molecule has 5 rings (SSSR count). The average Bonchev–Trinajstić information content (AvgIpc) is 3.42. The first kappa shape index (κ1) is 26.1. The highest BCUT2D eigenvalue weighted by Crippen LogP contribution is 2.55. The molecule has 0 bridgehead atoms. The normalized spacial score (nSPS) is 19.2. The maximum Gasteiger partial charge on any atom is 0.361 e. The van der Waals surface area contributed by atoms with Gasteiger partial charge in [-0.1, -0.05) is 0 Å². The summed E-state index contributed by atoms with van der Waals surface area (Å²) in [6.07, 6.45) is 5.14. The first-order valence-corrected chi connectivity index (χ1v) is 14.4. The SMILES string of the molecule is CC(C)Oc1cc(Oc2ccc(P3(=O)OCCC(c4ccncc4)O3)cc2)cc(C(=O)Nc2nccs2)c1. The Labute approximate surface area is 224 Å². The number of hydrogen-bond acceptors (Lipinski definition) is 9. The van der Waals surface area contributed by atoms with Crippen LogP contribution in [0.25, 0.3) is 0 Å². The van der Waals surface area contributed by atoms with Crippen molar-refractivity contribution in [2.24, 2.45) is 0 Å². The molecular formula is C27H26N3O6PS. The molecule has 2 unspecified atom stereocenters. The molecule has 0 radical (unpaired) electrons. The van der Waals surface area contributed by atoms with Crippen LogP contribution in [0.5, 0.6) is 17.2 Å². The van der Waals surface area contributed by atoms with Crippen LogP contribution in [0.2, 0.25) is 0 Å². The number of ether oxygens (including phenoxy) is 2. The molecule has 0 aliphatic carbocycles. The second kappa shape index (κ2) is 11.4. The predicted molar refractivity (Wildman–Crippen MR) is 145 cm³/mol. The molecule has 3 heterocycles. The Bertz CT molecular complexity index is 1430. The van der Waals surface area contributed by atoms with Crippen LogP contribution in [0.1, 0.15) is 42.3 Å². The molecule has 1 fully saturated rings. The van der Waals surface area contributed by atoms with E-state index < -0.39 is 7.60 Å². The van der Waals surface area contributed by atoms with E-state index in [4.69, 9.17) is 18.5 Å². The molecule has 2 aromatic heterocycles. The van der Waals surface area contributed by atoms with Crippen molar-refractivity contribution in [3.8, 4) is 17.2 Å². The third kappa shape index (κ3) is 6.28. The molecule has 196 valence electrons. The molecule has 9 nitrogen and oxygen atoms in total. The van der Waals surface area contributed by atoms with Gasteiger partial charge in [-0.3, -0.25) is 24.2 Å². The van der Waals surface area contributed by atoms with Gasteiger partial charge in [-0.15, -0.1) is 11.3 Å². The van der Waals surface area contributed by atoms with Crippen molar-refractivity contribution >= 4 is 35.3 Å². The van der Waals surface area contributed by atoms with Crippen molar-refractivity contribution in [2.45, 2.75) is 32.5 Å². The minimum atomic E-state index is -3.52. The molecule has 0 saturated carbocycles. The van der Waals surface area contributed by atoms with Crippen LogP contribution in [0, 0.1) is 0 Å². The van der Waals surface area contributed by atoms with Crippen molar-refractivity contribution in [3.63, 3.8) is 0 Å². The lowest BCUT2D eigenvalue weighted by Gasteiger charge is -2.30. The van der Waals surface area contributed by atoms with Gasteiger partial charge in [0.2, 0.25) is 0 Å². The third-order valence-corrected chi connectivity index (χ3v) is 8.21. The number of aromatic nitrogens is 2. The minimum absolute atomic E-state index is 0.0944. The van der Waals surface area contributed by atoms with Gasteiger partial charge >= 0.3 is 7.60 Å². The summed E-state index contributed by atoms with van der Waals surface area (Å²) in [5, 5.41) is 5.48. The Morgan fingerprint density at radius 3 is 2.53 bits per heavy atom. The van der Waals surface area contributed by atoms with E-state index in [1.165, 1.54) is 11.3 Å². The smallest absolute Gasteiger partial charge is 0.361 e. The molecule has 1 aliphatic heterocycles. The number of thiazole rings is 1. The molecule has 0 spiro atoms. The number of rotatable bonds is 8. The monoisotopic (exact) mass is 551 g/mol. The average molecular weight is 552 g/mol. The van der Waals surface area contributed by atoms with Crippen molar-refractivity contribution < 1.29 is 27.9 Å². The Kier molecular flexibility index (Phi) is 7.85. The van der Waals surface area contributed by atoms with Crippen LogP contribution >= 0.6 is 18.9 Å². The number of benzene rings is 2. The lowest BCUT2D eigenvalue weighted by Crippen LogP contribution is -2.20. The van der Waals surface area contributed by atoms with E-state index in [-0.39, 0.29) is 18.1 Å². The van der Waals surface area contributed by atoms with Gasteiger partial charge in [0.05, 0.1) is 24.1 Å². The van der Waals surface area contributed by atoms with Gasteiger partial charge in [0.25, 0.3) is 5.91 Å². The fourth-order valence-electron chi connectivity index (χ4n) is 3.86. The van der Waals surface area contributed by atoms with Crippen molar-refractivity contribution in [3.05, 3.63) is 89.7 Å². The molecule has 1 N–H and O–H groups in total. The van der Waals surface area contributed by atoms with Gasteiger partial charge in [-0.2, -0.15) is 0 Å². The van der Waals surface area contributed by atoms with E-state index >= 15 is 0 Å². The number of carbonyl (C=O) groups is 1. The summed E-state index contributed by atoms with van der Waals surface area (Å²) >= 11 is 1.33. The number of hydrogen-bond donors (Lipinski definition) is 1. The van der Waals surface area contributed by atoms with Crippen molar-refractivity contribution in [1.29, 1.82) is 0 Å². The quantitative estimate of drug-likeness (QED) is 0.252. The highest BCUT2D eigenvalue weighted by atomic mass is 32.1. The number of anilines is 1. The van der Waals surface area contributed by atoms with Crippen LogP contribution in [0.3, 0.4) is 0 Å². The fourth-order valence-corrected chi connectivity index (χ4v) is 6.14. The Balaban J connectivity index is 1.34. The van der Waals surface area contributed by atoms with Gasteiger partial charge in [0.1, 0.15) is 17.2 Å². The van der Waals surface area contributed by atoms with Gasteiger partial charge in [0, 0.05) is 42.0 Å². The van der Waals surface area contributed by atoms with Gasteiger partial charge in [-0.25, -0.2) is 4.98 Å². The lowest BCUT2D eigenvalue weighted by atomic mass is 10.1. The van der Waals surface area contributed by atoms with Crippen LogP contribution in [0.15, 0.2) is 78.6 Å². The van der Waals surface area contributed by atoms with E-state index in [2.05, 4.69) is 15.3 Å². The zero-order valence-corrected chi connectivity index (χ0v) is 22.5. The first-order chi connectivity index (χ1) is 18.4. The summed E-state index contributed by atoms with van der Waals surface area (Å²) in [6, 6.07) is 15.4. The molecule has 38 heavy (non-hydrogen) atoms. The Hall–Kier alpha value is -3.56. The summed E-state index contributed by atoms with van der Waals surface area (Å²) in [4.78, 5) is 20.9. The number of nitrogens with one attached hydrogen (secondary N) is 1. The van der Waals surface area contributed by atoms with Gasteiger partial charge in [0.15, 0.2) is 5.13 Å². The second-order valence-corrected chi connectivity index (χ2v) is 11.6. The molecule has 11 heteroatoms. The third-order valence-electron chi connectivity index (χ3n) is 5.54. The highest BCUT2D eigenvalue weighted by Gasteiger charge is 2.36. The lowest BCUT2D eigenvalue weighted by molar-refractivity contribution is 0.0874. The maximum atomic E-state index is 13.5. The van der Waals surface area contributed by atoms with E-state index in [0.29, 0.717) is 46.3 Å². The number of nitrogens with zero attached hydrogens (tertiary/aromatic N) is 2. The van der Waals surface area contributed by atoms with E-state index in [1.54, 1.807) is 66.4 Å². The molecule has 2 atom stereocenters. The summed E-state index contributed by atoms with van der Waals surface area (Å²) in [5.41, 5.74) is 1.27. The summed E-state index contributed by atoms with van der Waals surface area (Å²) in [6.45, 7) is 4.12.